The number of carbonyl (C=O) groups excluding carboxylic acids is 2. The van der Waals surface area contributed by atoms with Gasteiger partial charge in [0.05, 0.1) is 5.69 Å². The molecule has 0 spiro atoms. The summed E-state index contributed by atoms with van der Waals surface area (Å²) in [5, 5.41) is 3.39. The predicted octanol–water partition coefficient (Wildman–Crippen LogP) is 3.66. The molecule has 5 nitrogen and oxygen atoms in total. The van der Waals surface area contributed by atoms with Gasteiger partial charge >= 0.3 is 0 Å². The molecule has 1 atom stereocenters. The molecular weight excluding hydrogens is 362 g/mol. The Morgan fingerprint density at radius 1 is 1.19 bits per heavy atom. The van der Waals surface area contributed by atoms with E-state index in [0.29, 0.717) is 23.3 Å². The number of aromatic nitrogens is 1. The Labute approximate surface area is 163 Å². The van der Waals surface area contributed by atoms with E-state index in [2.05, 4.69) is 10.3 Å². The summed E-state index contributed by atoms with van der Waals surface area (Å²) >= 11 is 6.14. The number of hydrogen-bond donors (Lipinski definition) is 2. The van der Waals surface area contributed by atoms with E-state index in [9.17, 15) is 9.59 Å². The van der Waals surface area contributed by atoms with Crippen LogP contribution in [0.15, 0.2) is 36.4 Å². The molecule has 1 aromatic carbocycles. The summed E-state index contributed by atoms with van der Waals surface area (Å²) in [6.45, 7) is 0. The number of halogens is 1. The average molecular weight is 384 g/mol. The van der Waals surface area contributed by atoms with Crippen molar-refractivity contribution in [1.29, 1.82) is 0 Å². The summed E-state index contributed by atoms with van der Waals surface area (Å²) in [5.74, 6) is 0.0943. The van der Waals surface area contributed by atoms with Crippen LogP contribution in [0.25, 0.3) is 11.3 Å². The van der Waals surface area contributed by atoms with Crippen LogP contribution in [0.3, 0.4) is 0 Å². The Hall–Kier alpha value is -2.40. The van der Waals surface area contributed by atoms with Crippen LogP contribution in [0, 0.1) is 5.92 Å². The first-order chi connectivity index (χ1) is 13.0. The third-order valence-electron chi connectivity index (χ3n) is 5.19. The molecule has 140 valence electrons. The lowest BCUT2D eigenvalue weighted by atomic mass is 10.0. The molecule has 0 unspecified atom stereocenters. The predicted molar refractivity (Wildman–Crippen MR) is 104 cm³/mol. The second kappa shape index (κ2) is 7.31. The number of carbonyl (C=O) groups is 2. The van der Waals surface area contributed by atoms with Crippen molar-refractivity contribution in [3.05, 3.63) is 52.7 Å². The fraction of sp³-hybridized carbons (Fsp3) is 0.381. The lowest BCUT2D eigenvalue weighted by Crippen LogP contribution is -2.45. The summed E-state index contributed by atoms with van der Waals surface area (Å²) in [4.78, 5) is 29.0. The van der Waals surface area contributed by atoms with Crippen molar-refractivity contribution < 1.29 is 9.59 Å². The Morgan fingerprint density at radius 3 is 2.59 bits per heavy atom. The Balaban J connectivity index is 1.61. The number of nitrogens with one attached hydrogen (secondary N) is 1. The van der Waals surface area contributed by atoms with Crippen LogP contribution in [0.5, 0.6) is 0 Å². The Kier molecular flexibility index (Phi) is 4.87. The lowest BCUT2D eigenvalue weighted by molar-refractivity contribution is -0.120. The van der Waals surface area contributed by atoms with Crippen molar-refractivity contribution in [1.82, 2.24) is 10.3 Å². The zero-order valence-electron chi connectivity index (χ0n) is 15.0. The van der Waals surface area contributed by atoms with E-state index in [-0.39, 0.29) is 11.6 Å². The van der Waals surface area contributed by atoms with Crippen LogP contribution >= 0.6 is 11.6 Å². The maximum Gasteiger partial charge on any atom is 0.270 e. The van der Waals surface area contributed by atoms with Gasteiger partial charge in [-0.15, -0.1) is 0 Å². The summed E-state index contributed by atoms with van der Waals surface area (Å²) in [6, 6.07) is 10.5. The summed E-state index contributed by atoms with van der Waals surface area (Å²) < 4.78 is 0. The van der Waals surface area contributed by atoms with Crippen LogP contribution in [0.4, 0.5) is 0 Å². The molecule has 0 aliphatic heterocycles. The van der Waals surface area contributed by atoms with Crippen molar-refractivity contribution in [3.8, 4) is 11.3 Å². The molecule has 2 fully saturated rings. The summed E-state index contributed by atoms with van der Waals surface area (Å²) in [7, 11) is 0. The van der Waals surface area contributed by atoms with Gasteiger partial charge in [0.2, 0.25) is 5.91 Å². The second-order valence-corrected chi connectivity index (χ2v) is 7.96. The molecule has 1 aromatic heterocycles. The highest BCUT2D eigenvalue weighted by molar-refractivity contribution is 6.30. The number of primary amides is 1. The number of hydrogen-bond acceptors (Lipinski definition) is 3. The molecule has 2 saturated carbocycles. The van der Waals surface area contributed by atoms with Crippen LogP contribution < -0.4 is 11.1 Å². The van der Waals surface area contributed by atoms with Gasteiger partial charge in [-0.2, -0.15) is 0 Å². The first kappa shape index (κ1) is 18.0. The van der Waals surface area contributed by atoms with Gasteiger partial charge in [-0.3, -0.25) is 9.59 Å². The highest BCUT2D eigenvalue weighted by Gasteiger charge is 2.31. The Morgan fingerprint density at radius 2 is 1.96 bits per heavy atom. The zero-order valence-corrected chi connectivity index (χ0v) is 15.7. The maximum absolute atomic E-state index is 12.7. The topological polar surface area (TPSA) is 85.1 Å². The van der Waals surface area contributed by atoms with E-state index < -0.39 is 11.9 Å². The molecule has 0 bridgehead atoms. The first-order valence-corrected chi connectivity index (χ1v) is 9.76. The van der Waals surface area contributed by atoms with Crippen molar-refractivity contribution in [2.24, 2.45) is 11.7 Å². The SMILES string of the molecule is NC(=O)[C@H](CC1CC1)NC(=O)c1ccc(C2CC2)c(-c2cccc(Cl)c2)n1. The van der Waals surface area contributed by atoms with Crippen molar-refractivity contribution in [2.45, 2.75) is 44.1 Å². The highest BCUT2D eigenvalue weighted by Crippen LogP contribution is 2.44. The molecule has 3 N–H and O–H groups in total. The fourth-order valence-electron chi connectivity index (χ4n) is 3.35. The van der Waals surface area contributed by atoms with Gasteiger partial charge in [0, 0.05) is 10.6 Å². The molecule has 1 heterocycles. The van der Waals surface area contributed by atoms with Crippen molar-refractivity contribution >= 4 is 23.4 Å². The van der Waals surface area contributed by atoms with E-state index in [4.69, 9.17) is 17.3 Å². The third-order valence-corrected chi connectivity index (χ3v) is 5.42. The standard InChI is InChI=1S/C21H22ClN3O2/c22-15-3-1-2-14(11-15)19-16(13-6-7-13)8-9-17(24-19)21(27)25-18(20(23)26)10-12-4-5-12/h1-3,8-9,11-13,18H,4-7,10H2,(H2,23,26)(H,25,27)/t18-/m0/s1. The molecule has 2 amide bonds. The van der Waals surface area contributed by atoms with Gasteiger partial charge in [-0.05, 0) is 54.9 Å². The number of benzene rings is 1. The van der Waals surface area contributed by atoms with Crippen molar-refractivity contribution in [3.63, 3.8) is 0 Å². The molecule has 2 aliphatic rings. The Bertz CT molecular complexity index is 891. The molecule has 2 aliphatic carbocycles. The molecule has 4 rings (SSSR count). The maximum atomic E-state index is 12.7. The van der Waals surface area contributed by atoms with Gasteiger partial charge in [0.25, 0.3) is 5.91 Å². The molecule has 0 radical (unpaired) electrons. The molecule has 6 heteroatoms. The molecule has 27 heavy (non-hydrogen) atoms. The highest BCUT2D eigenvalue weighted by atomic mass is 35.5. The zero-order chi connectivity index (χ0) is 19.0. The van der Waals surface area contributed by atoms with Crippen LogP contribution in [0.1, 0.15) is 54.1 Å². The van der Waals surface area contributed by atoms with Crippen LogP contribution in [0.2, 0.25) is 5.02 Å². The normalized spacial score (nSPS) is 17.4. The molecular formula is C21H22ClN3O2. The van der Waals surface area contributed by atoms with Gasteiger partial charge in [0.15, 0.2) is 0 Å². The van der Waals surface area contributed by atoms with Gasteiger partial charge in [-0.25, -0.2) is 4.98 Å². The minimum Gasteiger partial charge on any atom is -0.368 e. The molecule has 0 saturated heterocycles. The number of nitrogens with two attached hydrogens (primary N) is 1. The van der Waals surface area contributed by atoms with Crippen LogP contribution in [-0.2, 0) is 4.79 Å². The largest absolute Gasteiger partial charge is 0.368 e. The van der Waals surface area contributed by atoms with Crippen molar-refractivity contribution in [2.75, 3.05) is 0 Å². The number of rotatable bonds is 7. The number of pyridine rings is 1. The summed E-state index contributed by atoms with van der Waals surface area (Å²) in [6.07, 6.45) is 5.04. The first-order valence-electron chi connectivity index (χ1n) is 9.38. The van der Waals surface area contributed by atoms with E-state index in [1.54, 1.807) is 6.07 Å². The van der Waals surface area contributed by atoms with E-state index in [0.717, 1.165) is 42.5 Å². The minimum absolute atomic E-state index is 0.288. The summed E-state index contributed by atoms with van der Waals surface area (Å²) in [5.41, 5.74) is 8.56. The molecule has 2 aromatic rings. The average Bonchev–Trinajstić information content (AvgIpc) is 3.54. The van der Waals surface area contributed by atoms with Gasteiger partial charge < -0.3 is 11.1 Å². The van der Waals surface area contributed by atoms with E-state index in [1.165, 1.54) is 0 Å². The van der Waals surface area contributed by atoms with Crippen LogP contribution in [-0.4, -0.2) is 22.8 Å². The van der Waals surface area contributed by atoms with Gasteiger partial charge in [-0.1, -0.05) is 42.6 Å². The smallest absolute Gasteiger partial charge is 0.270 e. The number of nitrogens with zero attached hydrogens (tertiary/aromatic N) is 1. The quantitative estimate of drug-likeness (QED) is 0.765. The number of amides is 2. The third kappa shape index (κ3) is 4.30. The van der Waals surface area contributed by atoms with E-state index in [1.807, 2.05) is 30.3 Å². The lowest BCUT2D eigenvalue weighted by Gasteiger charge is -2.16. The fourth-order valence-corrected chi connectivity index (χ4v) is 3.54. The van der Waals surface area contributed by atoms with E-state index >= 15 is 0 Å². The second-order valence-electron chi connectivity index (χ2n) is 7.53. The minimum atomic E-state index is -0.649. The monoisotopic (exact) mass is 383 g/mol. The van der Waals surface area contributed by atoms with Gasteiger partial charge in [0.1, 0.15) is 11.7 Å².